The molecule has 2 rings (SSSR count). The maximum absolute atomic E-state index is 11.0. The molecule has 5 N–H and O–H groups in total. The van der Waals surface area contributed by atoms with Gasteiger partial charge in [-0.1, -0.05) is 6.07 Å². The predicted octanol–water partition coefficient (Wildman–Crippen LogP) is -0.377. The Labute approximate surface area is 102 Å². The number of amides is 1. The Morgan fingerprint density at radius 3 is 3.00 bits per heavy atom. The third kappa shape index (κ3) is 2.76. The molecule has 1 unspecified atom stereocenters. The summed E-state index contributed by atoms with van der Waals surface area (Å²) in [5, 5.41) is 0. The molecular weight excluding hydrogens is 238 g/mol. The van der Waals surface area contributed by atoms with E-state index in [0.717, 1.165) is 5.56 Å². The fourth-order valence-electron chi connectivity index (χ4n) is 1.58. The molecule has 7 heteroatoms. The van der Waals surface area contributed by atoms with Gasteiger partial charge >= 0.3 is 5.76 Å². The number of nitrogens with two attached hydrogens (primary N) is 2. The number of hydrogen-bond acceptors (Lipinski definition) is 5. The number of fused-ring (bicyclic) bond motifs is 1. The van der Waals surface area contributed by atoms with E-state index in [1.165, 1.54) is 0 Å². The molecule has 96 valence electrons. The van der Waals surface area contributed by atoms with Crippen molar-refractivity contribution in [1.82, 2.24) is 4.98 Å². The Kier molecular flexibility index (Phi) is 3.45. The minimum atomic E-state index is -0.547. The molecule has 1 aromatic carbocycles. The molecule has 0 aliphatic rings. The molecule has 7 nitrogen and oxygen atoms in total. The van der Waals surface area contributed by atoms with Crippen LogP contribution >= 0.6 is 0 Å². The number of rotatable bonds is 5. The van der Waals surface area contributed by atoms with Gasteiger partial charge in [0.1, 0.15) is 6.61 Å². The molecule has 0 saturated heterocycles. The van der Waals surface area contributed by atoms with E-state index in [1.54, 1.807) is 18.2 Å². The number of carbonyl (C=O) groups is 1. The zero-order valence-electron chi connectivity index (χ0n) is 9.51. The minimum absolute atomic E-state index is 0.156. The molecule has 0 bridgehead atoms. The van der Waals surface area contributed by atoms with Gasteiger partial charge in [0, 0.05) is 0 Å². The molecule has 0 fully saturated rings. The Hall–Kier alpha value is -2.12. The molecule has 0 aliphatic carbocycles. The Morgan fingerprint density at radius 2 is 2.28 bits per heavy atom. The molecule has 1 amide bonds. The summed E-state index contributed by atoms with van der Waals surface area (Å²) in [6, 6.07) is 4.69. The maximum Gasteiger partial charge on any atom is 0.417 e. The van der Waals surface area contributed by atoms with Gasteiger partial charge in [-0.05, 0) is 17.7 Å². The van der Waals surface area contributed by atoms with Crippen molar-refractivity contribution < 1.29 is 13.9 Å². The first-order valence-corrected chi connectivity index (χ1v) is 5.30. The molecule has 0 saturated carbocycles. The second-order valence-electron chi connectivity index (χ2n) is 3.86. The van der Waals surface area contributed by atoms with Crippen LogP contribution in [0.5, 0.6) is 0 Å². The number of aromatic nitrogens is 1. The highest BCUT2D eigenvalue weighted by molar-refractivity contribution is 5.75. The third-order valence-corrected chi connectivity index (χ3v) is 2.41. The highest BCUT2D eigenvalue weighted by Crippen LogP contribution is 2.17. The van der Waals surface area contributed by atoms with Crippen LogP contribution in [-0.4, -0.2) is 24.1 Å². The number of nitrogens with one attached hydrogen (secondary N) is 1. The lowest BCUT2D eigenvalue weighted by molar-refractivity contribution is -0.122. The molecular formula is C11H13N3O4. The Morgan fingerprint density at radius 1 is 1.50 bits per heavy atom. The van der Waals surface area contributed by atoms with Gasteiger partial charge in [-0.15, -0.1) is 0 Å². The van der Waals surface area contributed by atoms with Crippen molar-refractivity contribution in [3.63, 3.8) is 0 Å². The SMILES string of the molecule is NC(=O)COCC(N)c1ccc2[nH]c(=O)oc2c1. The fourth-order valence-corrected chi connectivity index (χ4v) is 1.58. The van der Waals surface area contributed by atoms with E-state index in [1.807, 2.05) is 0 Å². The maximum atomic E-state index is 11.0. The quantitative estimate of drug-likeness (QED) is 0.668. The highest BCUT2D eigenvalue weighted by atomic mass is 16.5. The topological polar surface area (TPSA) is 124 Å². The fraction of sp³-hybridized carbons (Fsp3) is 0.273. The van der Waals surface area contributed by atoms with E-state index in [4.69, 9.17) is 20.6 Å². The first-order chi connectivity index (χ1) is 8.56. The van der Waals surface area contributed by atoms with Crippen LogP contribution in [0.1, 0.15) is 11.6 Å². The van der Waals surface area contributed by atoms with Gasteiger partial charge in [0.05, 0.1) is 18.2 Å². The molecule has 1 aromatic heterocycles. The van der Waals surface area contributed by atoms with Gasteiger partial charge in [-0.3, -0.25) is 9.78 Å². The molecule has 2 aromatic rings. The molecule has 0 spiro atoms. The van der Waals surface area contributed by atoms with Crippen molar-refractivity contribution in [3.05, 3.63) is 34.3 Å². The lowest BCUT2D eigenvalue weighted by Gasteiger charge is -2.11. The van der Waals surface area contributed by atoms with Crippen LogP contribution in [0.3, 0.4) is 0 Å². The van der Waals surface area contributed by atoms with Crippen LogP contribution in [0.15, 0.2) is 27.4 Å². The van der Waals surface area contributed by atoms with Gasteiger partial charge in [0.15, 0.2) is 5.58 Å². The van der Waals surface area contributed by atoms with Gasteiger partial charge in [-0.25, -0.2) is 4.79 Å². The summed E-state index contributed by atoms with van der Waals surface area (Å²) in [6.45, 7) is -0.0156. The van der Waals surface area contributed by atoms with Crippen LogP contribution < -0.4 is 17.2 Å². The third-order valence-electron chi connectivity index (χ3n) is 2.41. The van der Waals surface area contributed by atoms with Gasteiger partial charge in [0.25, 0.3) is 0 Å². The number of aromatic amines is 1. The molecule has 1 heterocycles. The van der Waals surface area contributed by atoms with Crippen LogP contribution in [0, 0.1) is 0 Å². The van der Waals surface area contributed by atoms with E-state index >= 15 is 0 Å². The second-order valence-corrected chi connectivity index (χ2v) is 3.86. The predicted molar refractivity (Wildman–Crippen MR) is 63.8 cm³/mol. The molecule has 0 aliphatic heterocycles. The Balaban J connectivity index is 2.09. The number of hydrogen-bond donors (Lipinski definition) is 3. The number of benzene rings is 1. The van der Waals surface area contributed by atoms with Crippen LogP contribution in [-0.2, 0) is 9.53 Å². The first kappa shape index (κ1) is 12.3. The van der Waals surface area contributed by atoms with E-state index < -0.39 is 17.7 Å². The molecule has 18 heavy (non-hydrogen) atoms. The van der Waals surface area contributed by atoms with Crippen LogP contribution in [0.4, 0.5) is 0 Å². The zero-order chi connectivity index (χ0) is 13.1. The summed E-state index contributed by atoms with van der Waals surface area (Å²) in [4.78, 5) is 24.0. The molecule has 1 atom stereocenters. The van der Waals surface area contributed by atoms with Crippen LogP contribution in [0.25, 0.3) is 11.1 Å². The van der Waals surface area contributed by atoms with Crippen molar-refractivity contribution >= 4 is 17.0 Å². The number of oxazole rings is 1. The number of primary amides is 1. The van der Waals surface area contributed by atoms with E-state index in [2.05, 4.69) is 4.98 Å². The van der Waals surface area contributed by atoms with Gasteiger partial charge in [-0.2, -0.15) is 0 Å². The van der Waals surface area contributed by atoms with Crippen molar-refractivity contribution in [2.75, 3.05) is 13.2 Å². The van der Waals surface area contributed by atoms with Crippen LogP contribution in [0.2, 0.25) is 0 Å². The number of ether oxygens (including phenoxy) is 1. The monoisotopic (exact) mass is 251 g/mol. The second kappa shape index (κ2) is 5.03. The average molecular weight is 251 g/mol. The lowest BCUT2D eigenvalue weighted by Crippen LogP contribution is -2.23. The van der Waals surface area contributed by atoms with Gasteiger partial charge < -0.3 is 20.6 Å². The zero-order valence-corrected chi connectivity index (χ0v) is 9.51. The number of H-pyrrole nitrogens is 1. The average Bonchev–Trinajstić information content (AvgIpc) is 2.67. The van der Waals surface area contributed by atoms with Crippen molar-refractivity contribution in [1.29, 1.82) is 0 Å². The standard InChI is InChI=1S/C11H13N3O4/c12-7(4-17-5-10(13)15)6-1-2-8-9(3-6)18-11(16)14-8/h1-3,7H,4-5,12H2,(H2,13,15)(H,14,16). The van der Waals surface area contributed by atoms with Gasteiger partial charge in [0.2, 0.25) is 5.91 Å². The number of carbonyl (C=O) groups excluding carboxylic acids is 1. The Bertz CT molecular complexity index is 616. The summed E-state index contributed by atoms with van der Waals surface area (Å²) in [6.07, 6.45) is 0. The van der Waals surface area contributed by atoms with E-state index in [9.17, 15) is 9.59 Å². The highest BCUT2D eigenvalue weighted by Gasteiger charge is 2.09. The van der Waals surface area contributed by atoms with E-state index in [0.29, 0.717) is 11.1 Å². The summed E-state index contributed by atoms with van der Waals surface area (Å²) in [5.74, 6) is -1.06. The van der Waals surface area contributed by atoms with Crippen molar-refractivity contribution in [2.45, 2.75) is 6.04 Å². The summed E-state index contributed by atoms with van der Waals surface area (Å²) < 4.78 is 9.95. The van der Waals surface area contributed by atoms with E-state index in [-0.39, 0.29) is 13.2 Å². The summed E-state index contributed by atoms with van der Waals surface area (Å²) in [5.41, 5.74) is 12.6. The van der Waals surface area contributed by atoms with Crippen molar-refractivity contribution in [3.8, 4) is 0 Å². The summed E-state index contributed by atoms with van der Waals surface area (Å²) >= 11 is 0. The smallest absolute Gasteiger partial charge is 0.408 e. The lowest BCUT2D eigenvalue weighted by atomic mass is 10.1. The van der Waals surface area contributed by atoms with Crippen molar-refractivity contribution in [2.24, 2.45) is 11.5 Å². The normalized spacial score (nSPS) is 12.7. The minimum Gasteiger partial charge on any atom is -0.408 e. The summed E-state index contributed by atoms with van der Waals surface area (Å²) in [7, 11) is 0. The first-order valence-electron chi connectivity index (χ1n) is 5.30. The molecule has 0 radical (unpaired) electrons. The largest absolute Gasteiger partial charge is 0.417 e.